The fourth-order valence-corrected chi connectivity index (χ4v) is 2.81. The summed E-state index contributed by atoms with van der Waals surface area (Å²) in [5.74, 6) is -0.635. The topological polar surface area (TPSA) is 43.8 Å². The third-order valence-corrected chi connectivity index (χ3v) is 3.75. The number of carboxylic acid groups (broad SMARTS) is 1. The number of aliphatic carboxylic acids is 1. The number of fused-ring (bicyclic) bond motifs is 1. The summed E-state index contributed by atoms with van der Waals surface area (Å²) < 4.78 is 0. The van der Waals surface area contributed by atoms with Gasteiger partial charge < -0.3 is 10.0 Å². The summed E-state index contributed by atoms with van der Waals surface area (Å²) in [4.78, 5) is 15.7. The van der Waals surface area contributed by atoms with E-state index in [1.54, 1.807) is 0 Å². The lowest BCUT2D eigenvalue weighted by Crippen LogP contribution is -2.50. The van der Waals surface area contributed by atoms with Gasteiger partial charge in [0.25, 0.3) is 0 Å². The van der Waals surface area contributed by atoms with Crippen LogP contribution >= 0.6 is 0 Å². The number of likely N-dealkylation sites (N-methyl/N-ethyl adjacent to an activating group) is 1. The first-order valence-corrected chi connectivity index (χ1v) is 5.85. The van der Waals surface area contributed by atoms with Gasteiger partial charge in [-0.1, -0.05) is 0 Å². The second kappa shape index (κ2) is 4.49. The molecule has 2 unspecified atom stereocenters. The van der Waals surface area contributed by atoms with Gasteiger partial charge in [-0.05, 0) is 39.3 Å². The van der Waals surface area contributed by atoms with E-state index in [0.717, 1.165) is 38.9 Å². The molecule has 0 aromatic rings. The molecule has 0 aliphatic carbocycles. The van der Waals surface area contributed by atoms with Crippen LogP contribution in [0.4, 0.5) is 0 Å². The largest absolute Gasteiger partial charge is 0.480 e. The van der Waals surface area contributed by atoms with E-state index in [0.29, 0.717) is 6.04 Å². The van der Waals surface area contributed by atoms with Crippen molar-refractivity contribution >= 4 is 5.97 Å². The highest BCUT2D eigenvalue weighted by atomic mass is 16.4. The molecule has 2 atom stereocenters. The lowest BCUT2D eigenvalue weighted by molar-refractivity contribution is -0.146. The minimum Gasteiger partial charge on any atom is -0.480 e. The number of hydrogen-bond donors (Lipinski definition) is 1. The molecule has 2 aliphatic heterocycles. The summed E-state index contributed by atoms with van der Waals surface area (Å²) in [5.41, 5.74) is 0. The van der Waals surface area contributed by atoms with Crippen molar-refractivity contribution in [1.29, 1.82) is 0 Å². The predicted molar refractivity (Wildman–Crippen MR) is 57.9 cm³/mol. The molecule has 0 aromatic heterocycles. The molecule has 0 saturated carbocycles. The zero-order valence-corrected chi connectivity index (χ0v) is 9.35. The van der Waals surface area contributed by atoms with E-state index in [4.69, 9.17) is 0 Å². The average Bonchev–Trinajstić information content (AvgIpc) is 2.40. The summed E-state index contributed by atoms with van der Waals surface area (Å²) in [6.45, 7) is 3.02. The maximum atomic E-state index is 11.1. The molecule has 2 saturated heterocycles. The highest BCUT2D eigenvalue weighted by Gasteiger charge is 2.35. The minimum atomic E-state index is -0.635. The second-order valence-electron chi connectivity index (χ2n) is 4.77. The van der Waals surface area contributed by atoms with Crippen LogP contribution in [0.5, 0.6) is 0 Å². The van der Waals surface area contributed by atoms with Crippen molar-refractivity contribution in [1.82, 2.24) is 9.80 Å². The summed E-state index contributed by atoms with van der Waals surface area (Å²) in [5, 5.41) is 9.18. The molecule has 4 nitrogen and oxygen atoms in total. The second-order valence-corrected chi connectivity index (χ2v) is 4.77. The number of rotatable bonds is 1. The zero-order chi connectivity index (χ0) is 10.8. The summed E-state index contributed by atoms with van der Waals surface area (Å²) in [7, 11) is 2.12. The molecule has 86 valence electrons. The molecule has 0 amide bonds. The zero-order valence-electron chi connectivity index (χ0n) is 9.35. The Morgan fingerprint density at radius 2 is 2.00 bits per heavy atom. The molecule has 0 bridgehead atoms. The van der Waals surface area contributed by atoms with Gasteiger partial charge >= 0.3 is 5.97 Å². The highest BCUT2D eigenvalue weighted by molar-refractivity contribution is 5.73. The lowest BCUT2D eigenvalue weighted by Gasteiger charge is -2.38. The predicted octanol–water partition coefficient (Wildman–Crippen LogP) is 0.630. The van der Waals surface area contributed by atoms with E-state index in [1.807, 2.05) is 0 Å². The Balaban J connectivity index is 2.08. The minimum absolute atomic E-state index is 0.227. The van der Waals surface area contributed by atoms with Gasteiger partial charge in [-0.2, -0.15) is 0 Å². The number of carbonyl (C=O) groups is 1. The Bertz CT molecular complexity index is 245. The van der Waals surface area contributed by atoms with Crippen LogP contribution < -0.4 is 0 Å². The van der Waals surface area contributed by atoms with E-state index in [2.05, 4.69) is 16.8 Å². The van der Waals surface area contributed by atoms with E-state index >= 15 is 0 Å². The summed E-state index contributed by atoms with van der Waals surface area (Å²) >= 11 is 0. The van der Waals surface area contributed by atoms with Crippen LogP contribution in [0, 0.1) is 0 Å². The molecule has 0 spiro atoms. The van der Waals surface area contributed by atoms with Crippen molar-refractivity contribution < 1.29 is 9.90 Å². The van der Waals surface area contributed by atoms with E-state index in [9.17, 15) is 9.90 Å². The fourth-order valence-electron chi connectivity index (χ4n) is 2.81. The van der Waals surface area contributed by atoms with Gasteiger partial charge in [0.1, 0.15) is 6.04 Å². The van der Waals surface area contributed by atoms with Crippen molar-refractivity contribution in [3.05, 3.63) is 0 Å². The average molecular weight is 212 g/mol. The Hall–Kier alpha value is -0.610. The van der Waals surface area contributed by atoms with Crippen LogP contribution in [-0.2, 0) is 4.79 Å². The normalized spacial score (nSPS) is 34.5. The number of carboxylic acids is 1. The molecule has 15 heavy (non-hydrogen) atoms. The van der Waals surface area contributed by atoms with Gasteiger partial charge in [0, 0.05) is 19.1 Å². The SMILES string of the molecule is CN1CCC2CCCC(C(=O)O)N2CC1. The monoisotopic (exact) mass is 212 g/mol. The smallest absolute Gasteiger partial charge is 0.320 e. The molecule has 1 N–H and O–H groups in total. The van der Waals surface area contributed by atoms with Crippen molar-refractivity contribution in [2.75, 3.05) is 26.7 Å². The molecule has 0 aromatic carbocycles. The van der Waals surface area contributed by atoms with Gasteiger partial charge in [-0.3, -0.25) is 9.69 Å². The third-order valence-electron chi connectivity index (χ3n) is 3.75. The van der Waals surface area contributed by atoms with Gasteiger partial charge in [0.2, 0.25) is 0 Å². The van der Waals surface area contributed by atoms with Crippen molar-refractivity contribution in [2.24, 2.45) is 0 Å². The van der Waals surface area contributed by atoms with Gasteiger partial charge in [-0.15, -0.1) is 0 Å². The standard InChI is InChI=1S/C11H20N2O2/c1-12-6-5-9-3-2-4-10(11(14)15)13(9)8-7-12/h9-10H,2-8H2,1H3,(H,14,15). The molecule has 2 rings (SSSR count). The van der Waals surface area contributed by atoms with E-state index < -0.39 is 5.97 Å². The first-order valence-electron chi connectivity index (χ1n) is 5.85. The van der Waals surface area contributed by atoms with E-state index in [1.165, 1.54) is 6.42 Å². The van der Waals surface area contributed by atoms with Crippen LogP contribution in [-0.4, -0.2) is 59.6 Å². The maximum Gasteiger partial charge on any atom is 0.320 e. The highest BCUT2D eigenvalue weighted by Crippen LogP contribution is 2.26. The lowest BCUT2D eigenvalue weighted by atomic mass is 9.94. The Morgan fingerprint density at radius 1 is 1.20 bits per heavy atom. The Kier molecular flexibility index (Phi) is 3.26. The molecule has 0 radical (unpaired) electrons. The van der Waals surface area contributed by atoms with Crippen LogP contribution in [0.2, 0.25) is 0 Å². The fraction of sp³-hybridized carbons (Fsp3) is 0.909. The van der Waals surface area contributed by atoms with Crippen molar-refractivity contribution in [2.45, 2.75) is 37.8 Å². The number of hydrogen-bond acceptors (Lipinski definition) is 3. The molecule has 2 aliphatic rings. The van der Waals surface area contributed by atoms with Crippen molar-refractivity contribution in [3.63, 3.8) is 0 Å². The molecular formula is C11H20N2O2. The van der Waals surface area contributed by atoms with Crippen molar-refractivity contribution in [3.8, 4) is 0 Å². The first-order chi connectivity index (χ1) is 7.18. The Morgan fingerprint density at radius 3 is 2.73 bits per heavy atom. The molecule has 4 heteroatoms. The van der Waals surface area contributed by atoms with Crippen LogP contribution in [0.3, 0.4) is 0 Å². The van der Waals surface area contributed by atoms with Crippen LogP contribution in [0.1, 0.15) is 25.7 Å². The molecule has 2 heterocycles. The van der Waals surface area contributed by atoms with E-state index in [-0.39, 0.29) is 6.04 Å². The Labute approximate surface area is 90.9 Å². The summed E-state index contributed by atoms with van der Waals surface area (Å²) in [6, 6.07) is 0.278. The number of piperidine rings is 1. The number of nitrogens with zero attached hydrogens (tertiary/aromatic N) is 2. The van der Waals surface area contributed by atoms with Crippen LogP contribution in [0.25, 0.3) is 0 Å². The maximum absolute atomic E-state index is 11.1. The molecule has 2 fully saturated rings. The van der Waals surface area contributed by atoms with Gasteiger partial charge in [0.05, 0.1) is 0 Å². The van der Waals surface area contributed by atoms with Gasteiger partial charge in [0.15, 0.2) is 0 Å². The first kappa shape index (κ1) is 10.9. The summed E-state index contributed by atoms with van der Waals surface area (Å²) in [6.07, 6.45) is 4.20. The van der Waals surface area contributed by atoms with Crippen LogP contribution in [0.15, 0.2) is 0 Å². The van der Waals surface area contributed by atoms with Gasteiger partial charge in [-0.25, -0.2) is 0 Å². The molecular weight excluding hydrogens is 192 g/mol. The third kappa shape index (κ3) is 2.32. The quantitative estimate of drug-likeness (QED) is 0.692.